The molecule has 0 spiro atoms. The average molecular weight is 381 g/mol. The number of nitrogens with zero attached hydrogens (tertiary/aromatic N) is 2. The number of hydrogen-bond donors (Lipinski definition) is 2. The normalized spacial score (nSPS) is 17.4. The van der Waals surface area contributed by atoms with Crippen molar-refractivity contribution >= 4 is 35.6 Å². The highest BCUT2D eigenvalue weighted by atomic mass is 35.5. The first-order valence-corrected chi connectivity index (χ1v) is 8.84. The van der Waals surface area contributed by atoms with Crippen molar-refractivity contribution in [1.82, 2.24) is 15.2 Å². The number of amides is 2. The zero-order chi connectivity index (χ0) is 16.9. The van der Waals surface area contributed by atoms with Crippen LogP contribution >= 0.6 is 23.7 Å². The van der Waals surface area contributed by atoms with Crippen molar-refractivity contribution in [2.45, 2.75) is 18.9 Å². The van der Waals surface area contributed by atoms with Crippen LogP contribution in [0.5, 0.6) is 0 Å². The van der Waals surface area contributed by atoms with Crippen molar-refractivity contribution in [2.75, 3.05) is 19.6 Å². The number of hydrogen-bond acceptors (Lipinski definition) is 5. The lowest BCUT2D eigenvalue weighted by atomic mass is 10.0. The topological polar surface area (TPSA) is 88.3 Å². The van der Waals surface area contributed by atoms with Gasteiger partial charge in [0, 0.05) is 24.9 Å². The number of aromatic nitrogens is 1. The van der Waals surface area contributed by atoms with Crippen LogP contribution in [-0.4, -0.2) is 41.3 Å². The van der Waals surface area contributed by atoms with Gasteiger partial charge in [0.15, 0.2) is 0 Å². The Morgan fingerprint density at radius 2 is 2.12 bits per heavy atom. The molecule has 0 saturated carbocycles. The molecule has 0 radical (unpaired) electrons. The molecule has 3 rings (SSSR count). The molecule has 1 aliphatic rings. The molecular formula is C17H21ClN4O2S. The van der Waals surface area contributed by atoms with Crippen molar-refractivity contribution in [2.24, 2.45) is 5.73 Å². The van der Waals surface area contributed by atoms with Crippen molar-refractivity contribution < 1.29 is 9.59 Å². The highest BCUT2D eigenvalue weighted by molar-refractivity contribution is 7.09. The number of thiazole rings is 1. The van der Waals surface area contributed by atoms with Crippen molar-refractivity contribution in [3.8, 4) is 0 Å². The number of carbonyl (C=O) groups is 2. The van der Waals surface area contributed by atoms with E-state index >= 15 is 0 Å². The molecule has 1 aliphatic heterocycles. The SMILES string of the molecule is Cl.NCCc1nc(C(=O)N2CCNC(=O)CC2c2ccccc2)cs1. The molecule has 0 aliphatic carbocycles. The maximum absolute atomic E-state index is 13.0. The van der Waals surface area contributed by atoms with Crippen LogP contribution in [0, 0.1) is 0 Å². The lowest BCUT2D eigenvalue weighted by Crippen LogP contribution is -2.36. The summed E-state index contributed by atoms with van der Waals surface area (Å²) in [6.07, 6.45) is 0.926. The fourth-order valence-electron chi connectivity index (χ4n) is 2.84. The third-order valence-electron chi connectivity index (χ3n) is 4.00. The van der Waals surface area contributed by atoms with Gasteiger partial charge in [-0.05, 0) is 12.1 Å². The van der Waals surface area contributed by atoms with Gasteiger partial charge in [0.05, 0.1) is 17.5 Å². The third-order valence-corrected chi connectivity index (χ3v) is 4.91. The van der Waals surface area contributed by atoms with Crippen LogP contribution in [-0.2, 0) is 11.2 Å². The zero-order valence-corrected chi connectivity index (χ0v) is 15.3. The molecule has 1 atom stereocenters. The van der Waals surface area contributed by atoms with Gasteiger partial charge in [0.1, 0.15) is 5.69 Å². The molecule has 2 amide bonds. The first-order valence-electron chi connectivity index (χ1n) is 7.96. The van der Waals surface area contributed by atoms with Gasteiger partial charge in [-0.1, -0.05) is 30.3 Å². The first kappa shape index (κ1) is 19.4. The van der Waals surface area contributed by atoms with E-state index in [4.69, 9.17) is 5.73 Å². The Morgan fingerprint density at radius 1 is 1.36 bits per heavy atom. The summed E-state index contributed by atoms with van der Waals surface area (Å²) in [4.78, 5) is 31.1. The number of carbonyl (C=O) groups excluding carboxylic acids is 2. The van der Waals surface area contributed by atoms with Gasteiger partial charge in [-0.3, -0.25) is 9.59 Å². The molecule has 2 heterocycles. The largest absolute Gasteiger partial charge is 0.354 e. The summed E-state index contributed by atoms with van der Waals surface area (Å²) in [5, 5.41) is 5.47. The number of halogens is 1. The molecule has 1 unspecified atom stereocenters. The quantitative estimate of drug-likeness (QED) is 0.846. The zero-order valence-electron chi connectivity index (χ0n) is 13.7. The number of benzene rings is 1. The van der Waals surface area contributed by atoms with Crippen LogP contribution in [0.2, 0.25) is 0 Å². The van der Waals surface area contributed by atoms with E-state index in [1.807, 2.05) is 30.3 Å². The maximum Gasteiger partial charge on any atom is 0.273 e. The third kappa shape index (κ3) is 4.56. The van der Waals surface area contributed by atoms with Gasteiger partial charge in [0.2, 0.25) is 5.91 Å². The molecule has 2 aromatic rings. The van der Waals surface area contributed by atoms with E-state index in [-0.39, 0.29) is 36.7 Å². The molecule has 1 aromatic heterocycles. The average Bonchev–Trinajstić information content (AvgIpc) is 2.97. The van der Waals surface area contributed by atoms with Crippen molar-refractivity contribution in [3.05, 3.63) is 52.0 Å². The Kier molecular flexibility index (Phi) is 6.92. The fourth-order valence-corrected chi connectivity index (χ4v) is 3.63. The molecule has 25 heavy (non-hydrogen) atoms. The Hall–Kier alpha value is -1.96. The van der Waals surface area contributed by atoms with Crippen LogP contribution in [0.1, 0.15) is 33.5 Å². The molecule has 6 nitrogen and oxygen atoms in total. The molecule has 0 bridgehead atoms. The lowest BCUT2D eigenvalue weighted by molar-refractivity contribution is -0.121. The van der Waals surface area contributed by atoms with Gasteiger partial charge < -0.3 is 16.0 Å². The minimum Gasteiger partial charge on any atom is -0.354 e. The Bertz CT molecular complexity index is 722. The van der Waals surface area contributed by atoms with Crippen LogP contribution < -0.4 is 11.1 Å². The minimum absolute atomic E-state index is 0. The van der Waals surface area contributed by atoms with Crippen LogP contribution in [0.15, 0.2) is 35.7 Å². The molecule has 3 N–H and O–H groups in total. The number of nitrogens with one attached hydrogen (secondary N) is 1. The van der Waals surface area contributed by atoms with E-state index < -0.39 is 0 Å². The predicted molar refractivity (Wildman–Crippen MR) is 100.0 cm³/mol. The summed E-state index contributed by atoms with van der Waals surface area (Å²) < 4.78 is 0. The molecule has 1 aromatic carbocycles. The van der Waals surface area contributed by atoms with Crippen LogP contribution in [0.25, 0.3) is 0 Å². The summed E-state index contributed by atoms with van der Waals surface area (Å²) in [7, 11) is 0. The standard InChI is InChI=1S/C17H20N4O2S.ClH/c18-7-6-16-20-13(11-24-16)17(23)21-9-8-19-15(22)10-14(21)12-4-2-1-3-5-12;/h1-5,11,14H,6-10,18H2,(H,19,22);1H. The Labute approximate surface area is 156 Å². The van der Waals surface area contributed by atoms with E-state index in [1.54, 1.807) is 10.3 Å². The second-order valence-corrected chi connectivity index (χ2v) is 6.59. The van der Waals surface area contributed by atoms with E-state index in [2.05, 4.69) is 10.3 Å². The van der Waals surface area contributed by atoms with Gasteiger partial charge in [0.25, 0.3) is 5.91 Å². The highest BCUT2D eigenvalue weighted by Crippen LogP contribution is 2.27. The Balaban J connectivity index is 0.00000225. The van der Waals surface area contributed by atoms with Gasteiger partial charge in [-0.25, -0.2) is 4.98 Å². The predicted octanol–water partition coefficient (Wildman–Crippen LogP) is 1.77. The Morgan fingerprint density at radius 3 is 2.84 bits per heavy atom. The summed E-state index contributed by atoms with van der Waals surface area (Å²) in [5.41, 5.74) is 6.94. The summed E-state index contributed by atoms with van der Waals surface area (Å²) in [5.74, 6) is -0.180. The van der Waals surface area contributed by atoms with E-state index in [9.17, 15) is 9.59 Å². The van der Waals surface area contributed by atoms with Crippen LogP contribution in [0.4, 0.5) is 0 Å². The molecule has 1 saturated heterocycles. The minimum atomic E-state index is -0.277. The molecule has 1 fully saturated rings. The first-order chi connectivity index (χ1) is 11.7. The maximum atomic E-state index is 13.0. The summed E-state index contributed by atoms with van der Waals surface area (Å²) in [6, 6.07) is 9.38. The van der Waals surface area contributed by atoms with Gasteiger partial charge in [-0.2, -0.15) is 0 Å². The second-order valence-electron chi connectivity index (χ2n) is 5.64. The van der Waals surface area contributed by atoms with Crippen molar-refractivity contribution in [1.29, 1.82) is 0 Å². The van der Waals surface area contributed by atoms with Gasteiger partial charge in [-0.15, -0.1) is 23.7 Å². The van der Waals surface area contributed by atoms with Crippen molar-refractivity contribution in [3.63, 3.8) is 0 Å². The smallest absolute Gasteiger partial charge is 0.273 e. The van der Waals surface area contributed by atoms with E-state index in [0.717, 1.165) is 10.6 Å². The summed E-state index contributed by atoms with van der Waals surface area (Å²) >= 11 is 1.45. The molecule has 8 heteroatoms. The highest BCUT2D eigenvalue weighted by Gasteiger charge is 2.31. The van der Waals surface area contributed by atoms with E-state index in [0.29, 0.717) is 31.7 Å². The number of nitrogens with two attached hydrogens (primary N) is 1. The molecule has 134 valence electrons. The molecular weight excluding hydrogens is 360 g/mol. The van der Waals surface area contributed by atoms with E-state index in [1.165, 1.54) is 11.3 Å². The summed E-state index contributed by atoms with van der Waals surface area (Å²) in [6.45, 7) is 1.43. The lowest BCUT2D eigenvalue weighted by Gasteiger charge is -2.29. The number of rotatable bonds is 4. The fraction of sp³-hybridized carbons (Fsp3) is 0.353. The second kappa shape index (κ2) is 8.94. The van der Waals surface area contributed by atoms with Crippen LogP contribution in [0.3, 0.4) is 0 Å². The van der Waals surface area contributed by atoms with Gasteiger partial charge >= 0.3 is 0 Å². The monoisotopic (exact) mass is 380 g/mol.